The number of nitrogens with zero attached hydrogens (tertiary/aromatic N) is 2. The van der Waals surface area contributed by atoms with Crippen molar-refractivity contribution in [2.75, 3.05) is 31.7 Å². The van der Waals surface area contributed by atoms with Gasteiger partial charge in [-0.3, -0.25) is 9.78 Å². The van der Waals surface area contributed by atoms with E-state index in [0.29, 0.717) is 17.7 Å². The monoisotopic (exact) mass is 390 g/mol. The molecule has 2 aromatic carbocycles. The third kappa shape index (κ3) is 3.90. The highest BCUT2D eigenvalue weighted by molar-refractivity contribution is 6.16. The summed E-state index contributed by atoms with van der Waals surface area (Å²) < 4.78 is 10.9. The molecule has 0 aliphatic carbocycles. The molecule has 29 heavy (non-hydrogen) atoms. The average Bonchev–Trinajstić information content (AvgIpc) is 2.78. The molecule has 1 aliphatic heterocycles. The summed E-state index contributed by atoms with van der Waals surface area (Å²) in [6.07, 6.45) is 5.21. The fourth-order valence-electron chi connectivity index (χ4n) is 3.93. The lowest BCUT2D eigenvalue weighted by molar-refractivity contribution is 0.103. The molecule has 2 heterocycles. The Hall–Kier alpha value is -3.08. The van der Waals surface area contributed by atoms with E-state index < -0.39 is 0 Å². The quantitative estimate of drug-likeness (QED) is 0.563. The smallest absolute Gasteiger partial charge is 0.196 e. The van der Waals surface area contributed by atoms with Crippen LogP contribution in [0.5, 0.6) is 11.5 Å². The first-order chi connectivity index (χ1) is 14.2. The number of ether oxygens (including phenoxy) is 2. The zero-order chi connectivity index (χ0) is 20.2. The Bertz CT molecular complexity index is 1010. The Morgan fingerprint density at radius 3 is 2.45 bits per heavy atom. The highest BCUT2D eigenvalue weighted by Gasteiger charge is 2.23. The summed E-state index contributed by atoms with van der Waals surface area (Å²) in [6, 6.07) is 13.2. The number of carbonyl (C=O) groups excluding carboxylic acids is 1. The predicted octanol–water partition coefficient (Wildman–Crippen LogP) is 4.86. The number of aromatic nitrogens is 1. The van der Waals surface area contributed by atoms with Gasteiger partial charge in [-0.05, 0) is 68.7 Å². The molecule has 150 valence electrons. The van der Waals surface area contributed by atoms with Gasteiger partial charge in [0, 0.05) is 30.2 Å². The Balaban J connectivity index is 1.82. The van der Waals surface area contributed by atoms with Crippen molar-refractivity contribution in [3.63, 3.8) is 0 Å². The SMILES string of the molecule is CCOc1ccc(C(=O)c2cnc3ccc(OC)cc3c2N2CCCCC2)cc1. The molecule has 1 saturated heterocycles. The van der Waals surface area contributed by atoms with Gasteiger partial charge in [-0.1, -0.05) is 0 Å². The summed E-state index contributed by atoms with van der Waals surface area (Å²) in [5, 5.41) is 0.961. The number of anilines is 1. The maximum Gasteiger partial charge on any atom is 0.196 e. The lowest BCUT2D eigenvalue weighted by Gasteiger charge is -2.31. The molecule has 0 amide bonds. The molecule has 0 N–H and O–H groups in total. The van der Waals surface area contributed by atoms with Gasteiger partial charge in [0.1, 0.15) is 11.5 Å². The molecule has 0 bridgehead atoms. The van der Waals surface area contributed by atoms with Crippen LogP contribution in [0, 0.1) is 0 Å². The number of hydrogen-bond acceptors (Lipinski definition) is 5. The van der Waals surface area contributed by atoms with E-state index in [1.165, 1.54) is 6.42 Å². The second-order valence-electron chi connectivity index (χ2n) is 7.24. The molecule has 5 heteroatoms. The van der Waals surface area contributed by atoms with Gasteiger partial charge in [0.15, 0.2) is 5.78 Å². The van der Waals surface area contributed by atoms with Crippen molar-refractivity contribution in [2.45, 2.75) is 26.2 Å². The van der Waals surface area contributed by atoms with Crippen molar-refractivity contribution < 1.29 is 14.3 Å². The summed E-state index contributed by atoms with van der Waals surface area (Å²) in [5.74, 6) is 1.51. The molecule has 4 rings (SSSR count). The van der Waals surface area contributed by atoms with E-state index in [4.69, 9.17) is 9.47 Å². The number of piperidine rings is 1. The fourth-order valence-corrected chi connectivity index (χ4v) is 3.93. The van der Waals surface area contributed by atoms with Gasteiger partial charge < -0.3 is 14.4 Å². The van der Waals surface area contributed by atoms with Crippen LogP contribution in [0.1, 0.15) is 42.1 Å². The van der Waals surface area contributed by atoms with Crippen molar-refractivity contribution in [1.82, 2.24) is 4.98 Å². The van der Waals surface area contributed by atoms with E-state index in [-0.39, 0.29) is 5.78 Å². The summed E-state index contributed by atoms with van der Waals surface area (Å²) in [5.41, 5.74) is 3.11. The van der Waals surface area contributed by atoms with Crippen molar-refractivity contribution in [1.29, 1.82) is 0 Å². The number of carbonyl (C=O) groups is 1. The van der Waals surface area contributed by atoms with Crippen LogP contribution in [0.15, 0.2) is 48.7 Å². The average molecular weight is 390 g/mol. The van der Waals surface area contributed by atoms with Crippen LogP contribution in [-0.4, -0.2) is 37.6 Å². The van der Waals surface area contributed by atoms with Crippen LogP contribution in [0.25, 0.3) is 10.9 Å². The predicted molar refractivity (Wildman–Crippen MR) is 115 cm³/mol. The molecule has 1 aromatic heterocycles. The lowest BCUT2D eigenvalue weighted by Crippen LogP contribution is -2.31. The molecule has 0 saturated carbocycles. The van der Waals surface area contributed by atoms with Crippen LogP contribution in [0.3, 0.4) is 0 Å². The maximum atomic E-state index is 13.4. The number of methoxy groups -OCH3 is 1. The minimum atomic E-state index is -0.0224. The minimum absolute atomic E-state index is 0.0224. The molecule has 5 nitrogen and oxygen atoms in total. The number of rotatable bonds is 6. The maximum absolute atomic E-state index is 13.4. The van der Waals surface area contributed by atoms with E-state index in [1.807, 2.05) is 49.4 Å². The lowest BCUT2D eigenvalue weighted by atomic mass is 9.98. The first kappa shape index (κ1) is 19.2. The number of ketones is 1. The Kier molecular flexibility index (Phi) is 5.65. The topological polar surface area (TPSA) is 51.7 Å². The Labute approximate surface area is 171 Å². The van der Waals surface area contributed by atoms with Gasteiger partial charge in [-0.2, -0.15) is 0 Å². The van der Waals surface area contributed by atoms with Crippen molar-refractivity contribution >= 4 is 22.4 Å². The fraction of sp³-hybridized carbons (Fsp3) is 0.333. The number of hydrogen-bond donors (Lipinski definition) is 0. The van der Waals surface area contributed by atoms with Crippen LogP contribution < -0.4 is 14.4 Å². The molecule has 0 atom stereocenters. The highest BCUT2D eigenvalue weighted by Crippen LogP contribution is 2.35. The minimum Gasteiger partial charge on any atom is -0.497 e. The second kappa shape index (κ2) is 8.52. The molecular formula is C24H26N2O3. The zero-order valence-corrected chi connectivity index (χ0v) is 17.0. The summed E-state index contributed by atoms with van der Waals surface area (Å²) in [6.45, 7) is 4.43. The van der Waals surface area contributed by atoms with E-state index >= 15 is 0 Å². The van der Waals surface area contributed by atoms with E-state index in [9.17, 15) is 4.79 Å². The molecule has 3 aromatic rings. The highest BCUT2D eigenvalue weighted by atomic mass is 16.5. The zero-order valence-electron chi connectivity index (χ0n) is 17.0. The van der Waals surface area contributed by atoms with E-state index in [0.717, 1.165) is 54.0 Å². The van der Waals surface area contributed by atoms with Gasteiger partial charge in [-0.15, -0.1) is 0 Å². The van der Waals surface area contributed by atoms with E-state index in [1.54, 1.807) is 13.3 Å². The third-order valence-electron chi connectivity index (χ3n) is 5.39. The normalized spacial score (nSPS) is 14.1. The van der Waals surface area contributed by atoms with Gasteiger partial charge >= 0.3 is 0 Å². The number of benzene rings is 2. The van der Waals surface area contributed by atoms with Crippen molar-refractivity contribution in [3.05, 3.63) is 59.8 Å². The first-order valence-corrected chi connectivity index (χ1v) is 10.2. The molecule has 1 fully saturated rings. The van der Waals surface area contributed by atoms with Crippen LogP contribution in [-0.2, 0) is 0 Å². The number of pyridine rings is 1. The Morgan fingerprint density at radius 2 is 1.76 bits per heavy atom. The van der Waals surface area contributed by atoms with Crippen LogP contribution in [0.2, 0.25) is 0 Å². The molecule has 1 aliphatic rings. The van der Waals surface area contributed by atoms with Gasteiger partial charge in [-0.25, -0.2) is 0 Å². The van der Waals surface area contributed by atoms with Crippen molar-refractivity contribution in [2.24, 2.45) is 0 Å². The summed E-state index contributed by atoms with van der Waals surface area (Å²) in [4.78, 5) is 20.3. The molecular weight excluding hydrogens is 364 g/mol. The first-order valence-electron chi connectivity index (χ1n) is 10.2. The third-order valence-corrected chi connectivity index (χ3v) is 5.39. The Morgan fingerprint density at radius 1 is 1.03 bits per heavy atom. The van der Waals surface area contributed by atoms with Crippen molar-refractivity contribution in [3.8, 4) is 11.5 Å². The molecule has 0 spiro atoms. The summed E-state index contributed by atoms with van der Waals surface area (Å²) in [7, 11) is 1.66. The van der Waals surface area contributed by atoms with Gasteiger partial charge in [0.25, 0.3) is 0 Å². The van der Waals surface area contributed by atoms with Crippen LogP contribution in [0.4, 0.5) is 5.69 Å². The standard InChI is InChI=1S/C24H26N2O3/c1-3-29-18-9-7-17(8-10-18)24(27)21-16-25-22-12-11-19(28-2)15-20(22)23(21)26-13-5-4-6-14-26/h7-12,15-16H,3-6,13-14H2,1-2H3. The van der Waals surface area contributed by atoms with Gasteiger partial charge in [0.2, 0.25) is 0 Å². The van der Waals surface area contributed by atoms with Crippen LogP contribution >= 0.6 is 0 Å². The van der Waals surface area contributed by atoms with E-state index in [2.05, 4.69) is 9.88 Å². The molecule has 0 radical (unpaired) electrons. The summed E-state index contributed by atoms with van der Waals surface area (Å²) >= 11 is 0. The second-order valence-corrected chi connectivity index (χ2v) is 7.24. The van der Waals surface area contributed by atoms with Gasteiger partial charge in [0.05, 0.1) is 30.5 Å². The number of fused-ring (bicyclic) bond motifs is 1. The molecule has 0 unspecified atom stereocenters. The largest absolute Gasteiger partial charge is 0.497 e.